The molecule has 1 saturated heterocycles. The maximum absolute atomic E-state index is 4.61. The second kappa shape index (κ2) is 5.67. The first kappa shape index (κ1) is 11.9. The van der Waals surface area contributed by atoms with Crippen LogP contribution in [0.25, 0.3) is 0 Å². The van der Waals surface area contributed by atoms with Crippen molar-refractivity contribution in [1.29, 1.82) is 0 Å². The van der Waals surface area contributed by atoms with Gasteiger partial charge in [0.25, 0.3) is 0 Å². The van der Waals surface area contributed by atoms with Crippen molar-refractivity contribution in [2.45, 2.75) is 44.6 Å². The van der Waals surface area contributed by atoms with Gasteiger partial charge in [0.15, 0.2) is 0 Å². The minimum atomic E-state index is 0.733. The largest absolute Gasteiger partial charge is 0.306 e. The molecule has 0 radical (unpaired) electrons. The predicted octanol–water partition coefficient (Wildman–Crippen LogP) is 2.19. The Bertz CT molecular complexity index is 223. The molecule has 92 valence electrons. The first-order valence-electron chi connectivity index (χ1n) is 6.71. The lowest BCUT2D eigenvalue weighted by Crippen LogP contribution is -2.32. The molecule has 2 aliphatic rings. The zero-order valence-electron chi connectivity index (χ0n) is 10.7. The van der Waals surface area contributed by atoms with Crippen LogP contribution in [0, 0.1) is 5.92 Å². The fourth-order valence-corrected chi connectivity index (χ4v) is 2.77. The predicted molar refractivity (Wildman–Crippen MR) is 68.7 cm³/mol. The van der Waals surface area contributed by atoms with Gasteiger partial charge in [-0.05, 0) is 58.5 Å². The fraction of sp³-hybridized carbons (Fsp3) is 0.923. The lowest BCUT2D eigenvalue weighted by Gasteiger charge is -2.31. The molecule has 0 unspecified atom stereocenters. The minimum absolute atomic E-state index is 0.733. The molecule has 0 N–H and O–H groups in total. The average Bonchev–Trinajstić information content (AvgIpc) is 2.80. The van der Waals surface area contributed by atoms with Gasteiger partial charge in [0.1, 0.15) is 0 Å². The molecule has 16 heavy (non-hydrogen) atoms. The van der Waals surface area contributed by atoms with Gasteiger partial charge in [-0.15, -0.1) is 0 Å². The number of hydrazone groups is 1. The van der Waals surface area contributed by atoms with Crippen LogP contribution >= 0.6 is 0 Å². The van der Waals surface area contributed by atoms with Gasteiger partial charge in [0, 0.05) is 25.3 Å². The molecular weight excluding hydrogens is 198 g/mol. The van der Waals surface area contributed by atoms with Gasteiger partial charge in [0.2, 0.25) is 0 Å². The quantitative estimate of drug-likeness (QED) is 0.683. The highest BCUT2D eigenvalue weighted by Crippen LogP contribution is 2.25. The molecule has 1 heterocycles. The van der Waals surface area contributed by atoms with Crippen LogP contribution in [0.5, 0.6) is 0 Å². The summed E-state index contributed by atoms with van der Waals surface area (Å²) in [6.45, 7) is 2.34. The molecule has 0 aromatic rings. The van der Waals surface area contributed by atoms with E-state index in [0.717, 1.165) is 12.0 Å². The molecule has 0 bridgehead atoms. The van der Waals surface area contributed by atoms with Gasteiger partial charge in [-0.2, -0.15) is 5.10 Å². The lowest BCUT2D eigenvalue weighted by atomic mass is 9.86. The van der Waals surface area contributed by atoms with Gasteiger partial charge in [-0.3, -0.25) is 5.01 Å². The van der Waals surface area contributed by atoms with E-state index >= 15 is 0 Å². The Balaban J connectivity index is 1.72. The summed E-state index contributed by atoms with van der Waals surface area (Å²) >= 11 is 0. The summed E-state index contributed by atoms with van der Waals surface area (Å²) in [4.78, 5) is 2.37. The van der Waals surface area contributed by atoms with Crippen molar-refractivity contribution in [3.63, 3.8) is 0 Å². The van der Waals surface area contributed by atoms with Crippen LogP contribution in [0.1, 0.15) is 38.5 Å². The Morgan fingerprint density at radius 3 is 2.25 bits per heavy atom. The van der Waals surface area contributed by atoms with Crippen LogP contribution in [0.15, 0.2) is 5.10 Å². The Hall–Kier alpha value is -0.570. The Kier molecular flexibility index (Phi) is 4.22. The van der Waals surface area contributed by atoms with Crippen LogP contribution in [0.2, 0.25) is 0 Å². The highest BCUT2D eigenvalue weighted by molar-refractivity contribution is 5.60. The second-order valence-electron chi connectivity index (χ2n) is 5.46. The number of rotatable bonds is 3. The third kappa shape index (κ3) is 3.21. The third-order valence-corrected chi connectivity index (χ3v) is 3.99. The van der Waals surface area contributed by atoms with Crippen LogP contribution in [0.3, 0.4) is 0 Å². The van der Waals surface area contributed by atoms with Crippen LogP contribution < -0.4 is 0 Å². The standard InChI is InChI=1S/C13H25N3/c1-15(2)13-7-5-12(6-8-13)11-14-16-9-3-4-10-16/h11-13H,3-10H2,1-2H3. The van der Waals surface area contributed by atoms with E-state index in [4.69, 9.17) is 0 Å². The molecule has 2 rings (SSSR count). The maximum Gasteiger partial charge on any atom is 0.0360 e. The molecule has 1 aliphatic heterocycles. The van der Waals surface area contributed by atoms with Crippen molar-refractivity contribution >= 4 is 6.21 Å². The van der Waals surface area contributed by atoms with E-state index in [-0.39, 0.29) is 0 Å². The van der Waals surface area contributed by atoms with E-state index in [1.807, 2.05) is 0 Å². The average molecular weight is 223 g/mol. The summed E-state index contributed by atoms with van der Waals surface area (Å²) in [6.07, 6.45) is 10.2. The van der Waals surface area contributed by atoms with Crippen LogP contribution in [0.4, 0.5) is 0 Å². The van der Waals surface area contributed by atoms with Crippen molar-refractivity contribution in [3.8, 4) is 0 Å². The molecule has 0 aromatic heterocycles. The van der Waals surface area contributed by atoms with Gasteiger partial charge in [0.05, 0.1) is 0 Å². The van der Waals surface area contributed by atoms with Gasteiger partial charge < -0.3 is 4.90 Å². The molecule has 3 heteroatoms. The molecular formula is C13H25N3. The van der Waals surface area contributed by atoms with Crippen LogP contribution in [-0.2, 0) is 0 Å². The smallest absolute Gasteiger partial charge is 0.0360 e. The minimum Gasteiger partial charge on any atom is -0.306 e. The van der Waals surface area contributed by atoms with E-state index in [1.165, 1.54) is 51.6 Å². The van der Waals surface area contributed by atoms with Gasteiger partial charge >= 0.3 is 0 Å². The molecule has 0 amide bonds. The molecule has 0 atom stereocenters. The monoisotopic (exact) mass is 223 g/mol. The molecule has 2 fully saturated rings. The van der Waals surface area contributed by atoms with Gasteiger partial charge in [-0.1, -0.05) is 0 Å². The normalized spacial score (nSPS) is 31.8. The Morgan fingerprint density at radius 2 is 1.69 bits per heavy atom. The summed E-state index contributed by atoms with van der Waals surface area (Å²) in [5, 5.41) is 6.85. The highest BCUT2D eigenvalue weighted by atomic mass is 15.5. The Morgan fingerprint density at radius 1 is 1.06 bits per heavy atom. The molecule has 3 nitrogen and oxygen atoms in total. The topological polar surface area (TPSA) is 18.8 Å². The highest BCUT2D eigenvalue weighted by Gasteiger charge is 2.21. The summed E-state index contributed by atoms with van der Waals surface area (Å²) in [5.41, 5.74) is 0. The molecule has 0 aromatic carbocycles. The van der Waals surface area contributed by atoms with Gasteiger partial charge in [-0.25, -0.2) is 0 Å². The molecule has 0 spiro atoms. The first-order chi connectivity index (χ1) is 7.75. The van der Waals surface area contributed by atoms with E-state index in [0.29, 0.717) is 0 Å². The summed E-state index contributed by atoms with van der Waals surface area (Å²) < 4.78 is 0. The van der Waals surface area contributed by atoms with Crippen molar-refractivity contribution < 1.29 is 0 Å². The SMILES string of the molecule is CN(C)C1CCC(C=NN2CCCC2)CC1. The zero-order chi connectivity index (χ0) is 11.4. The van der Waals surface area contributed by atoms with E-state index < -0.39 is 0 Å². The second-order valence-corrected chi connectivity index (χ2v) is 5.46. The number of hydrogen-bond acceptors (Lipinski definition) is 3. The van der Waals surface area contributed by atoms with Crippen molar-refractivity contribution in [2.75, 3.05) is 27.2 Å². The lowest BCUT2D eigenvalue weighted by molar-refractivity contribution is 0.214. The van der Waals surface area contributed by atoms with E-state index in [1.54, 1.807) is 0 Å². The Labute approximate surface area is 99.5 Å². The number of nitrogens with zero attached hydrogens (tertiary/aromatic N) is 3. The zero-order valence-corrected chi connectivity index (χ0v) is 10.7. The summed E-state index contributed by atoms with van der Waals surface area (Å²) in [5.74, 6) is 0.733. The number of hydrogen-bond donors (Lipinski definition) is 0. The summed E-state index contributed by atoms with van der Waals surface area (Å²) in [7, 11) is 4.40. The molecule has 1 aliphatic carbocycles. The van der Waals surface area contributed by atoms with Crippen molar-refractivity contribution in [1.82, 2.24) is 9.91 Å². The van der Waals surface area contributed by atoms with E-state index in [9.17, 15) is 0 Å². The van der Waals surface area contributed by atoms with Crippen molar-refractivity contribution in [3.05, 3.63) is 0 Å². The van der Waals surface area contributed by atoms with Crippen molar-refractivity contribution in [2.24, 2.45) is 11.0 Å². The van der Waals surface area contributed by atoms with Crippen LogP contribution in [-0.4, -0.2) is 49.4 Å². The maximum atomic E-state index is 4.61. The fourth-order valence-electron chi connectivity index (χ4n) is 2.77. The molecule has 1 saturated carbocycles. The van der Waals surface area contributed by atoms with E-state index in [2.05, 4.69) is 35.3 Å². The summed E-state index contributed by atoms with van der Waals surface area (Å²) in [6, 6.07) is 0.802. The third-order valence-electron chi connectivity index (χ3n) is 3.99. The first-order valence-corrected chi connectivity index (χ1v) is 6.71.